The van der Waals surface area contributed by atoms with Crippen LogP contribution in [0.15, 0.2) is 36.4 Å². The SMILES string of the molecule is CC(=O)OC1C(=O)c2c(O)cc(O)cc2O[C@@H]1c1ccc(O)cc1. The largest absolute Gasteiger partial charge is 0.508 e. The number of esters is 1. The van der Waals surface area contributed by atoms with Gasteiger partial charge in [0, 0.05) is 19.1 Å². The number of benzene rings is 2. The average molecular weight is 330 g/mol. The lowest BCUT2D eigenvalue weighted by Gasteiger charge is -2.32. The second-order valence-electron chi connectivity index (χ2n) is 5.36. The van der Waals surface area contributed by atoms with Crippen molar-refractivity contribution in [1.29, 1.82) is 0 Å². The molecule has 3 N–H and O–H groups in total. The van der Waals surface area contributed by atoms with Gasteiger partial charge in [-0.1, -0.05) is 12.1 Å². The number of rotatable bonds is 2. The van der Waals surface area contributed by atoms with E-state index in [1.807, 2.05) is 0 Å². The molecule has 0 aliphatic carbocycles. The summed E-state index contributed by atoms with van der Waals surface area (Å²) in [5.74, 6) is -2.03. The molecular formula is C17H14O7. The van der Waals surface area contributed by atoms with Crippen LogP contribution >= 0.6 is 0 Å². The van der Waals surface area contributed by atoms with Gasteiger partial charge in [0.15, 0.2) is 6.10 Å². The van der Waals surface area contributed by atoms with Gasteiger partial charge >= 0.3 is 5.97 Å². The standard InChI is InChI=1S/C17H14O7/c1-8(18)23-17-15(22)14-12(21)6-11(20)7-13(14)24-16(17)9-2-4-10(19)5-3-9/h2-7,16-17,19-21H,1H3/t16-,17?/m1/s1. The van der Waals surface area contributed by atoms with E-state index in [9.17, 15) is 24.9 Å². The molecule has 0 saturated carbocycles. The Morgan fingerprint density at radius 2 is 1.75 bits per heavy atom. The van der Waals surface area contributed by atoms with E-state index in [0.29, 0.717) is 5.56 Å². The van der Waals surface area contributed by atoms with Crippen LogP contribution in [0.5, 0.6) is 23.0 Å². The number of ether oxygens (including phenoxy) is 2. The molecule has 1 aliphatic rings. The van der Waals surface area contributed by atoms with Crippen molar-refractivity contribution in [2.75, 3.05) is 0 Å². The minimum Gasteiger partial charge on any atom is -0.508 e. The molecule has 2 atom stereocenters. The fourth-order valence-electron chi connectivity index (χ4n) is 2.61. The predicted octanol–water partition coefficient (Wildman–Crippen LogP) is 2.05. The highest BCUT2D eigenvalue weighted by atomic mass is 16.6. The number of hydrogen-bond acceptors (Lipinski definition) is 7. The Morgan fingerprint density at radius 3 is 2.38 bits per heavy atom. The molecule has 7 nitrogen and oxygen atoms in total. The molecule has 0 radical (unpaired) electrons. The Hall–Kier alpha value is -3.22. The molecule has 0 spiro atoms. The normalized spacial score (nSPS) is 19.3. The van der Waals surface area contributed by atoms with Gasteiger partial charge in [0.25, 0.3) is 0 Å². The lowest BCUT2D eigenvalue weighted by Crippen LogP contribution is -2.39. The molecule has 3 rings (SSSR count). The van der Waals surface area contributed by atoms with Gasteiger partial charge in [0.1, 0.15) is 28.6 Å². The van der Waals surface area contributed by atoms with E-state index in [-0.39, 0.29) is 22.8 Å². The first-order chi connectivity index (χ1) is 11.4. The van der Waals surface area contributed by atoms with Crippen LogP contribution in [0.3, 0.4) is 0 Å². The summed E-state index contributed by atoms with van der Waals surface area (Å²) in [6.07, 6.45) is -2.27. The number of fused-ring (bicyclic) bond motifs is 1. The molecule has 2 aromatic carbocycles. The Balaban J connectivity index is 2.11. The van der Waals surface area contributed by atoms with Crippen molar-refractivity contribution in [3.05, 3.63) is 47.5 Å². The topological polar surface area (TPSA) is 113 Å². The second-order valence-corrected chi connectivity index (χ2v) is 5.36. The zero-order valence-electron chi connectivity index (χ0n) is 12.6. The summed E-state index contributed by atoms with van der Waals surface area (Å²) < 4.78 is 10.8. The van der Waals surface area contributed by atoms with Crippen molar-refractivity contribution in [3.8, 4) is 23.0 Å². The van der Waals surface area contributed by atoms with E-state index in [0.717, 1.165) is 13.0 Å². The molecule has 1 unspecified atom stereocenters. The summed E-state index contributed by atoms with van der Waals surface area (Å²) in [6, 6.07) is 8.07. The lowest BCUT2D eigenvalue weighted by atomic mass is 9.92. The summed E-state index contributed by atoms with van der Waals surface area (Å²) in [5, 5.41) is 28.9. The quantitative estimate of drug-likeness (QED) is 0.722. The molecule has 0 aromatic heterocycles. The summed E-state index contributed by atoms with van der Waals surface area (Å²) in [4.78, 5) is 24.1. The third-order valence-corrected chi connectivity index (χ3v) is 3.61. The summed E-state index contributed by atoms with van der Waals surface area (Å²) in [6.45, 7) is 1.16. The van der Waals surface area contributed by atoms with Crippen LogP contribution < -0.4 is 4.74 Å². The number of carbonyl (C=O) groups excluding carboxylic acids is 2. The zero-order chi connectivity index (χ0) is 17.4. The number of carbonyl (C=O) groups is 2. The van der Waals surface area contributed by atoms with E-state index in [1.54, 1.807) is 0 Å². The predicted molar refractivity (Wildman–Crippen MR) is 81.1 cm³/mol. The highest BCUT2D eigenvalue weighted by molar-refractivity contribution is 6.06. The van der Waals surface area contributed by atoms with Crippen LogP contribution in [-0.4, -0.2) is 33.2 Å². The van der Waals surface area contributed by atoms with Crippen LogP contribution in [0.25, 0.3) is 0 Å². The van der Waals surface area contributed by atoms with E-state index < -0.39 is 29.7 Å². The van der Waals surface area contributed by atoms with Crippen LogP contribution in [0, 0.1) is 0 Å². The third-order valence-electron chi connectivity index (χ3n) is 3.61. The molecule has 2 aromatic rings. The van der Waals surface area contributed by atoms with E-state index in [2.05, 4.69) is 0 Å². The second kappa shape index (κ2) is 5.77. The zero-order valence-corrected chi connectivity index (χ0v) is 12.6. The van der Waals surface area contributed by atoms with Crippen LogP contribution in [0.1, 0.15) is 28.9 Å². The Morgan fingerprint density at radius 1 is 1.08 bits per heavy atom. The molecule has 0 amide bonds. The number of aromatic hydroxyl groups is 3. The molecule has 7 heteroatoms. The van der Waals surface area contributed by atoms with Gasteiger partial charge in [-0.2, -0.15) is 0 Å². The monoisotopic (exact) mass is 330 g/mol. The van der Waals surface area contributed by atoms with Crippen molar-refractivity contribution in [3.63, 3.8) is 0 Å². The maximum absolute atomic E-state index is 12.7. The number of ketones is 1. The summed E-state index contributed by atoms with van der Waals surface area (Å²) >= 11 is 0. The van der Waals surface area contributed by atoms with Gasteiger partial charge in [0.2, 0.25) is 11.9 Å². The number of phenolic OH excluding ortho intramolecular Hbond substituents is 3. The van der Waals surface area contributed by atoms with Crippen LogP contribution in [0.4, 0.5) is 0 Å². The molecule has 0 saturated heterocycles. The minimum atomic E-state index is -1.30. The van der Waals surface area contributed by atoms with Crippen molar-refractivity contribution in [2.24, 2.45) is 0 Å². The molecule has 124 valence electrons. The van der Waals surface area contributed by atoms with Gasteiger partial charge in [-0.3, -0.25) is 9.59 Å². The maximum atomic E-state index is 12.7. The molecule has 1 aliphatic heterocycles. The van der Waals surface area contributed by atoms with Crippen molar-refractivity contribution in [2.45, 2.75) is 19.1 Å². The molecule has 1 heterocycles. The highest BCUT2D eigenvalue weighted by Crippen LogP contribution is 2.42. The summed E-state index contributed by atoms with van der Waals surface area (Å²) in [5.41, 5.74) is 0.329. The Bertz CT molecular complexity index is 810. The van der Waals surface area contributed by atoms with Gasteiger partial charge in [0.05, 0.1) is 0 Å². The molecular weight excluding hydrogens is 316 g/mol. The Kier molecular flexibility index (Phi) is 3.76. The number of phenols is 3. The molecule has 0 fully saturated rings. The van der Waals surface area contributed by atoms with E-state index in [1.165, 1.54) is 30.3 Å². The first-order valence-corrected chi connectivity index (χ1v) is 7.10. The number of hydrogen-bond donors (Lipinski definition) is 3. The fourth-order valence-corrected chi connectivity index (χ4v) is 2.61. The smallest absolute Gasteiger partial charge is 0.303 e. The number of Topliss-reactive ketones (excluding diaryl/α,β-unsaturated/α-hetero) is 1. The van der Waals surface area contributed by atoms with Crippen molar-refractivity contribution >= 4 is 11.8 Å². The first-order valence-electron chi connectivity index (χ1n) is 7.10. The van der Waals surface area contributed by atoms with E-state index >= 15 is 0 Å². The van der Waals surface area contributed by atoms with Crippen molar-refractivity contribution < 1.29 is 34.4 Å². The maximum Gasteiger partial charge on any atom is 0.303 e. The third kappa shape index (κ3) is 2.71. The van der Waals surface area contributed by atoms with Gasteiger partial charge in [-0.15, -0.1) is 0 Å². The van der Waals surface area contributed by atoms with Crippen molar-refractivity contribution in [1.82, 2.24) is 0 Å². The van der Waals surface area contributed by atoms with E-state index in [4.69, 9.17) is 9.47 Å². The van der Waals surface area contributed by atoms with Gasteiger partial charge < -0.3 is 24.8 Å². The fraction of sp³-hybridized carbons (Fsp3) is 0.176. The van der Waals surface area contributed by atoms with Gasteiger partial charge in [-0.25, -0.2) is 0 Å². The average Bonchev–Trinajstić information content (AvgIpc) is 2.49. The molecule has 0 bridgehead atoms. The highest BCUT2D eigenvalue weighted by Gasteiger charge is 2.42. The Labute approximate surface area is 136 Å². The summed E-state index contributed by atoms with van der Waals surface area (Å²) in [7, 11) is 0. The van der Waals surface area contributed by atoms with Crippen LogP contribution in [-0.2, 0) is 9.53 Å². The lowest BCUT2D eigenvalue weighted by molar-refractivity contribution is -0.148. The van der Waals surface area contributed by atoms with Crippen LogP contribution in [0.2, 0.25) is 0 Å². The first kappa shape index (κ1) is 15.7. The minimum absolute atomic E-state index is 0.0148. The van der Waals surface area contributed by atoms with Gasteiger partial charge in [-0.05, 0) is 17.7 Å². The molecule has 24 heavy (non-hydrogen) atoms.